The van der Waals surface area contributed by atoms with Crippen LogP contribution in [0.25, 0.3) is 0 Å². The lowest BCUT2D eigenvalue weighted by molar-refractivity contribution is -0.141. The summed E-state index contributed by atoms with van der Waals surface area (Å²) in [7, 11) is 4.28. The van der Waals surface area contributed by atoms with Gasteiger partial charge in [0.1, 0.15) is 6.54 Å². The van der Waals surface area contributed by atoms with Gasteiger partial charge in [-0.1, -0.05) is 0 Å². The molecule has 1 amide bonds. The van der Waals surface area contributed by atoms with Gasteiger partial charge in [0.2, 0.25) is 11.7 Å². The second-order valence-corrected chi connectivity index (χ2v) is 4.86. The van der Waals surface area contributed by atoms with Gasteiger partial charge in [-0.25, -0.2) is 0 Å². The van der Waals surface area contributed by atoms with Crippen LogP contribution in [0.3, 0.4) is 0 Å². The summed E-state index contributed by atoms with van der Waals surface area (Å²) in [6, 6.07) is 3.81. The van der Waals surface area contributed by atoms with Gasteiger partial charge in [0, 0.05) is 24.0 Å². The fourth-order valence-electron chi connectivity index (χ4n) is 2.10. The normalized spacial score (nSPS) is 11.1. The lowest BCUT2D eigenvalue weighted by atomic mass is 10.2. The Kier molecular flexibility index (Phi) is 5.40. The van der Waals surface area contributed by atoms with E-state index in [0.717, 1.165) is 16.9 Å². The van der Waals surface area contributed by atoms with Gasteiger partial charge in [0.15, 0.2) is 17.2 Å². The Labute approximate surface area is 141 Å². The number of anilines is 1. The van der Waals surface area contributed by atoms with Crippen LogP contribution in [-0.2, 0) is 17.5 Å². The fraction of sp³-hybridized carbons (Fsp3) is 0.333. The van der Waals surface area contributed by atoms with Crippen LogP contribution in [-0.4, -0.2) is 37.0 Å². The summed E-state index contributed by atoms with van der Waals surface area (Å²) in [4.78, 5) is 12.0. The predicted molar refractivity (Wildman–Crippen MR) is 82.0 cm³/mol. The number of aromatic nitrogens is 2. The first-order valence-corrected chi connectivity index (χ1v) is 6.99. The van der Waals surface area contributed by atoms with E-state index in [2.05, 4.69) is 10.4 Å². The molecule has 0 fully saturated rings. The quantitative estimate of drug-likeness (QED) is 0.858. The van der Waals surface area contributed by atoms with E-state index in [1.54, 1.807) is 0 Å². The highest BCUT2D eigenvalue weighted by molar-refractivity contribution is 5.91. The fourth-order valence-corrected chi connectivity index (χ4v) is 2.10. The maximum atomic E-state index is 12.5. The number of ether oxygens (including phenoxy) is 3. The average molecular weight is 359 g/mol. The molecule has 10 heteroatoms. The predicted octanol–water partition coefficient (Wildman–Crippen LogP) is 2.57. The highest BCUT2D eigenvalue weighted by Gasteiger charge is 2.33. The first-order valence-electron chi connectivity index (χ1n) is 6.99. The van der Waals surface area contributed by atoms with E-state index in [1.165, 1.54) is 33.5 Å². The van der Waals surface area contributed by atoms with Gasteiger partial charge in [-0.15, -0.1) is 0 Å². The van der Waals surface area contributed by atoms with Gasteiger partial charge >= 0.3 is 6.18 Å². The number of carbonyl (C=O) groups excluding carboxylic acids is 1. The molecule has 1 N–H and O–H groups in total. The Morgan fingerprint density at radius 2 is 1.76 bits per heavy atom. The minimum Gasteiger partial charge on any atom is -0.493 e. The number of alkyl halides is 3. The van der Waals surface area contributed by atoms with Crippen LogP contribution >= 0.6 is 0 Å². The number of carbonyl (C=O) groups is 1. The molecule has 2 aromatic rings. The molecule has 1 heterocycles. The van der Waals surface area contributed by atoms with Gasteiger partial charge in [-0.2, -0.15) is 18.3 Å². The molecule has 0 saturated heterocycles. The highest BCUT2D eigenvalue weighted by atomic mass is 19.4. The number of rotatable bonds is 6. The first kappa shape index (κ1) is 18.4. The third-order valence-electron chi connectivity index (χ3n) is 3.19. The molecule has 1 aromatic carbocycles. The van der Waals surface area contributed by atoms with Crippen molar-refractivity contribution in [2.45, 2.75) is 12.7 Å². The Bertz CT molecular complexity index is 734. The van der Waals surface area contributed by atoms with Gasteiger partial charge in [0.25, 0.3) is 0 Å². The summed E-state index contributed by atoms with van der Waals surface area (Å²) < 4.78 is 53.9. The minimum atomic E-state index is -4.56. The summed E-state index contributed by atoms with van der Waals surface area (Å²) in [6.45, 7) is -0.382. The molecule has 7 nitrogen and oxygen atoms in total. The van der Waals surface area contributed by atoms with Crippen molar-refractivity contribution in [2.24, 2.45) is 0 Å². The van der Waals surface area contributed by atoms with Crippen molar-refractivity contribution in [2.75, 3.05) is 26.6 Å². The van der Waals surface area contributed by atoms with Crippen molar-refractivity contribution in [1.29, 1.82) is 0 Å². The number of amides is 1. The number of methoxy groups -OCH3 is 3. The van der Waals surface area contributed by atoms with Gasteiger partial charge in [0.05, 0.1) is 21.3 Å². The van der Waals surface area contributed by atoms with Crippen LogP contribution in [0.4, 0.5) is 18.9 Å². The van der Waals surface area contributed by atoms with Crippen molar-refractivity contribution in [3.05, 3.63) is 30.1 Å². The second kappa shape index (κ2) is 7.32. The minimum absolute atomic E-state index is 0.329. The molecule has 1 aromatic heterocycles. The molecule has 0 bridgehead atoms. The molecule has 0 aliphatic heterocycles. The van der Waals surface area contributed by atoms with Crippen LogP contribution < -0.4 is 19.5 Å². The topological polar surface area (TPSA) is 74.6 Å². The average Bonchev–Trinajstić information content (AvgIpc) is 3.02. The lowest BCUT2D eigenvalue weighted by Crippen LogP contribution is -2.20. The van der Waals surface area contributed by atoms with Crippen LogP contribution in [0.5, 0.6) is 17.2 Å². The van der Waals surface area contributed by atoms with Crippen LogP contribution in [0, 0.1) is 0 Å². The van der Waals surface area contributed by atoms with Gasteiger partial charge in [-0.05, 0) is 6.07 Å². The Morgan fingerprint density at radius 1 is 1.16 bits per heavy atom. The molecule has 0 saturated carbocycles. The Balaban J connectivity index is 2.14. The summed E-state index contributed by atoms with van der Waals surface area (Å²) in [5, 5.41) is 5.86. The maximum Gasteiger partial charge on any atom is 0.435 e. The zero-order chi connectivity index (χ0) is 18.6. The van der Waals surface area contributed by atoms with Crippen molar-refractivity contribution in [1.82, 2.24) is 9.78 Å². The maximum absolute atomic E-state index is 12.5. The molecular formula is C15H16F3N3O4. The molecule has 0 unspecified atom stereocenters. The SMILES string of the molecule is COc1cc(NC(=O)Cn2ccc(C(F)(F)F)n2)cc(OC)c1OC. The van der Waals surface area contributed by atoms with E-state index in [-0.39, 0.29) is 6.54 Å². The molecule has 0 spiro atoms. The number of hydrogen-bond acceptors (Lipinski definition) is 5. The molecular weight excluding hydrogens is 343 g/mol. The Hall–Kier alpha value is -2.91. The van der Waals surface area contributed by atoms with E-state index < -0.39 is 17.8 Å². The summed E-state index contributed by atoms with van der Waals surface area (Å²) in [6.07, 6.45) is -3.48. The van der Waals surface area contributed by atoms with Crippen molar-refractivity contribution < 1.29 is 32.2 Å². The summed E-state index contributed by atoms with van der Waals surface area (Å²) in [5.41, 5.74) is -0.726. The highest BCUT2D eigenvalue weighted by Crippen LogP contribution is 2.39. The number of benzene rings is 1. The monoisotopic (exact) mass is 359 g/mol. The van der Waals surface area contributed by atoms with Gasteiger partial charge < -0.3 is 19.5 Å². The van der Waals surface area contributed by atoms with Gasteiger partial charge in [-0.3, -0.25) is 9.48 Å². The number of nitrogens with one attached hydrogen (secondary N) is 1. The van der Waals surface area contributed by atoms with E-state index in [0.29, 0.717) is 22.9 Å². The molecule has 136 valence electrons. The third-order valence-corrected chi connectivity index (χ3v) is 3.19. The molecule has 2 rings (SSSR count). The van der Waals surface area contributed by atoms with Crippen LogP contribution in [0.1, 0.15) is 5.69 Å². The third kappa shape index (κ3) is 4.34. The molecule has 0 aliphatic carbocycles. The zero-order valence-electron chi connectivity index (χ0n) is 13.7. The number of hydrogen-bond donors (Lipinski definition) is 1. The Morgan fingerprint density at radius 3 is 2.20 bits per heavy atom. The largest absolute Gasteiger partial charge is 0.493 e. The zero-order valence-corrected chi connectivity index (χ0v) is 13.7. The summed E-state index contributed by atoms with van der Waals surface area (Å²) in [5.74, 6) is 0.446. The molecule has 0 radical (unpaired) electrons. The van der Waals surface area contributed by atoms with Crippen LogP contribution in [0.2, 0.25) is 0 Å². The van der Waals surface area contributed by atoms with E-state index in [1.807, 2.05) is 0 Å². The van der Waals surface area contributed by atoms with Crippen molar-refractivity contribution >= 4 is 11.6 Å². The molecule has 25 heavy (non-hydrogen) atoms. The van der Waals surface area contributed by atoms with Crippen LogP contribution in [0.15, 0.2) is 24.4 Å². The molecule has 0 atom stereocenters. The van der Waals surface area contributed by atoms with Crippen molar-refractivity contribution in [3.63, 3.8) is 0 Å². The lowest BCUT2D eigenvalue weighted by Gasteiger charge is -2.14. The van der Waals surface area contributed by atoms with E-state index >= 15 is 0 Å². The van der Waals surface area contributed by atoms with E-state index in [9.17, 15) is 18.0 Å². The van der Waals surface area contributed by atoms with E-state index in [4.69, 9.17) is 14.2 Å². The smallest absolute Gasteiger partial charge is 0.435 e. The first-order chi connectivity index (χ1) is 11.8. The summed E-state index contributed by atoms with van der Waals surface area (Å²) >= 11 is 0. The molecule has 0 aliphatic rings. The standard InChI is InChI=1S/C15H16F3N3O4/c1-23-10-6-9(7-11(24-2)14(10)25-3)19-13(22)8-21-5-4-12(20-21)15(16,17)18/h4-7H,8H2,1-3H3,(H,19,22). The second-order valence-electron chi connectivity index (χ2n) is 4.86. The number of nitrogens with zero attached hydrogens (tertiary/aromatic N) is 2. The number of halogens is 3. The van der Waals surface area contributed by atoms with Crippen molar-refractivity contribution in [3.8, 4) is 17.2 Å².